The van der Waals surface area contributed by atoms with Gasteiger partial charge in [-0.25, -0.2) is 9.97 Å². The molecule has 0 fully saturated rings. The van der Waals surface area contributed by atoms with Crippen LogP contribution in [-0.4, -0.2) is 49.8 Å². The Bertz CT molecular complexity index is 1340. The number of amides is 1. The van der Waals surface area contributed by atoms with E-state index in [1.807, 2.05) is 12.1 Å². The van der Waals surface area contributed by atoms with E-state index in [1.54, 1.807) is 38.6 Å². The molecule has 1 aliphatic rings. The largest absolute Gasteiger partial charge is 0.494 e. The molecule has 0 saturated heterocycles. The molecule has 1 aliphatic carbocycles. The standard InChI is InChI=1S/C22H24N6O3S2/c1-22(2,30)9-23-20(29)11-4-5-12-16(6-11)32-21-18(12)19(24-10-25-21)26-13-8-17-14(27-28-33-17)7-15(13)31-3/h7-8,10-11,30H,4-6,9H2,1-3H3,(H,23,29)(H,24,25,26). The summed E-state index contributed by atoms with van der Waals surface area (Å²) >= 11 is 2.94. The van der Waals surface area contributed by atoms with Gasteiger partial charge in [0.2, 0.25) is 5.91 Å². The van der Waals surface area contributed by atoms with Crippen molar-refractivity contribution in [2.24, 2.45) is 5.92 Å². The second-order valence-corrected chi connectivity index (χ2v) is 10.7. The van der Waals surface area contributed by atoms with Gasteiger partial charge in [-0.3, -0.25) is 4.79 Å². The highest BCUT2D eigenvalue weighted by molar-refractivity contribution is 7.19. The molecule has 5 rings (SSSR count). The molecule has 172 valence electrons. The number of anilines is 2. The maximum Gasteiger partial charge on any atom is 0.223 e. The number of rotatable bonds is 6. The molecule has 9 nitrogen and oxygen atoms in total. The number of carbonyl (C=O) groups excluding carboxylic acids is 1. The molecule has 3 aromatic heterocycles. The Kier molecular flexibility index (Phi) is 5.63. The molecular formula is C22H24N6O3S2. The van der Waals surface area contributed by atoms with Gasteiger partial charge in [-0.05, 0) is 56.3 Å². The Labute approximate surface area is 198 Å². The molecule has 0 spiro atoms. The quantitative estimate of drug-likeness (QED) is 0.380. The van der Waals surface area contributed by atoms with E-state index in [0.717, 1.165) is 49.7 Å². The van der Waals surface area contributed by atoms with E-state index in [-0.39, 0.29) is 18.4 Å². The maximum absolute atomic E-state index is 12.7. The normalized spacial score (nSPS) is 16.1. The highest BCUT2D eigenvalue weighted by atomic mass is 32.1. The molecule has 0 saturated carbocycles. The average Bonchev–Trinajstić information content (AvgIpc) is 3.39. The number of nitrogens with zero attached hydrogens (tertiary/aromatic N) is 4. The Morgan fingerprint density at radius 1 is 1.33 bits per heavy atom. The number of ether oxygens (including phenoxy) is 1. The summed E-state index contributed by atoms with van der Waals surface area (Å²) in [6.45, 7) is 3.61. The maximum atomic E-state index is 12.7. The number of hydrogen-bond acceptors (Lipinski definition) is 10. The molecule has 0 bridgehead atoms. The topological polar surface area (TPSA) is 122 Å². The summed E-state index contributed by atoms with van der Waals surface area (Å²) in [6.07, 6.45) is 3.73. The lowest BCUT2D eigenvalue weighted by Gasteiger charge is -2.24. The lowest BCUT2D eigenvalue weighted by molar-refractivity contribution is -0.126. The molecule has 1 atom stereocenters. The van der Waals surface area contributed by atoms with Crippen molar-refractivity contribution in [3.8, 4) is 5.75 Å². The van der Waals surface area contributed by atoms with Gasteiger partial charge in [0.25, 0.3) is 0 Å². The summed E-state index contributed by atoms with van der Waals surface area (Å²) < 4.78 is 10.5. The van der Waals surface area contributed by atoms with Gasteiger partial charge in [-0.15, -0.1) is 16.4 Å². The third kappa shape index (κ3) is 4.35. The van der Waals surface area contributed by atoms with Crippen LogP contribution >= 0.6 is 22.9 Å². The van der Waals surface area contributed by atoms with Crippen molar-refractivity contribution in [1.29, 1.82) is 0 Å². The van der Waals surface area contributed by atoms with E-state index < -0.39 is 5.60 Å². The highest BCUT2D eigenvalue weighted by Gasteiger charge is 2.30. The van der Waals surface area contributed by atoms with Crippen molar-refractivity contribution in [2.45, 2.75) is 38.7 Å². The molecule has 1 unspecified atom stereocenters. The van der Waals surface area contributed by atoms with E-state index in [2.05, 4.69) is 30.2 Å². The van der Waals surface area contributed by atoms with E-state index in [1.165, 1.54) is 17.1 Å². The average molecular weight is 485 g/mol. The first-order valence-electron chi connectivity index (χ1n) is 10.6. The van der Waals surface area contributed by atoms with Crippen LogP contribution in [0.4, 0.5) is 11.5 Å². The molecule has 1 aromatic carbocycles. The Balaban J connectivity index is 1.44. The fourth-order valence-electron chi connectivity index (χ4n) is 4.08. The second-order valence-electron chi connectivity index (χ2n) is 8.79. The van der Waals surface area contributed by atoms with Crippen molar-refractivity contribution in [1.82, 2.24) is 24.9 Å². The molecule has 33 heavy (non-hydrogen) atoms. The third-order valence-corrected chi connectivity index (χ3v) is 7.58. The number of hydrogen-bond donors (Lipinski definition) is 3. The zero-order chi connectivity index (χ0) is 23.2. The summed E-state index contributed by atoms with van der Waals surface area (Å²) in [5.41, 5.74) is 1.85. The Hall–Kier alpha value is -2.89. The van der Waals surface area contributed by atoms with Gasteiger partial charge < -0.3 is 20.5 Å². The minimum absolute atomic E-state index is 0.0131. The van der Waals surface area contributed by atoms with Crippen molar-refractivity contribution < 1.29 is 14.6 Å². The van der Waals surface area contributed by atoms with Crippen LogP contribution in [0.1, 0.15) is 30.7 Å². The van der Waals surface area contributed by atoms with Gasteiger partial charge in [0.15, 0.2) is 0 Å². The van der Waals surface area contributed by atoms with Crippen LogP contribution in [0, 0.1) is 5.92 Å². The minimum atomic E-state index is -0.928. The fraction of sp³-hybridized carbons (Fsp3) is 0.409. The van der Waals surface area contributed by atoms with E-state index in [4.69, 9.17) is 4.74 Å². The number of carbonyl (C=O) groups is 1. The highest BCUT2D eigenvalue weighted by Crippen LogP contribution is 2.41. The van der Waals surface area contributed by atoms with Crippen LogP contribution in [0.3, 0.4) is 0 Å². The predicted octanol–water partition coefficient (Wildman–Crippen LogP) is 3.44. The zero-order valence-corrected chi connectivity index (χ0v) is 20.1. The molecular weight excluding hydrogens is 460 g/mol. The molecule has 0 aliphatic heterocycles. The number of methoxy groups -OCH3 is 1. The molecule has 4 aromatic rings. The van der Waals surface area contributed by atoms with Crippen molar-refractivity contribution in [3.05, 3.63) is 28.9 Å². The van der Waals surface area contributed by atoms with E-state index in [0.29, 0.717) is 12.2 Å². The van der Waals surface area contributed by atoms with Gasteiger partial charge in [0.05, 0.1) is 28.5 Å². The first kappa shape index (κ1) is 21.9. The Morgan fingerprint density at radius 2 is 2.18 bits per heavy atom. The molecule has 3 N–H and O–H groups in total. The van der Waals surface area contributed by atoms with E-state index >= 15 is 0 Å². The first-order valence-corrected chi connectivity index (χ1v) is 12.2. The van der Waals surface area contributed by atoms with Crippen LogP contribution < -0.4 is 15.4 Å². The van der Waals surface area contributed by atoms with Crippen LogP contribution in [0.2, 0.25) is 0 Å². The summed E-state index contributed by atoms with van der Waals surface area (Å²) in [4.78, 5) is 23.7. The summed E-state index contributed by atoms with van der Waals surface area (Å²) in [6, 6.07) is 3.83. The molecule has 11 heteroatoms. The van der Waals surface area contributed by atoms with E-state index in [9.17, 15) is 9.90 Å². The van der Waals surface area contributed by atoms with Gasteiger partial charge in [-0.2, -0.15) is 0 Å². The van der Waals surface area contributed by atoms with Crippen molar-refractivity contribution in [3.63, 3.8) is 0 Å². The van der Waals surface area contributed by atoms with Gasteiger partial charge in [0.1, 0.15) is 28.2 Å². The number of aliphatic hydroxyl groups is 1. The number of aromatic nitrogens is 4. The van der Waals surface area contributed by atoms with Gasteiger partial charge >= 0.3 is 0 Å². The van der Waals surface area contributed by atoms with Gasteiger partial charge in [-0.1, -0.05) is 4.49 Å². The monoisotopic (exact) mass is 484 g/mol. The fourth-order valence-corrected chi connectivity index (χ4v) is 5.93. The number of fused-ring (bicyclic) bond motifs is 4. The molecule has 1 amide bonds. The minimum Gasteiger partial charge on any atom is -0.494 e. The number of nitrogens with one attached hydrogen (secondary N) is 2. The predicted molar refractivity (Wildman–Crippen MR) is 129 cm³/mol. The number of aryl methyl sites for hydroxylation is 1. The third-order valence-electron chi connectivity index (χ3n) is 5.73. The first-order chi connectivity index (χ1) is 15.8. The van der Waals surface area contributed by atoms with Gasteiger partial charge in [0, 0.05) is 23.4 Å². The number of thiophene rings is 1. The zero-order valence-electron chi connectivity index (χ0n) is 18.5. The lowest BCUT2D eigenvalue weighted by atomic mass is 9.87. The summed E-state index contributed by atoms with van der Waals surface area (Å²) in [7, 11) is 1.62. The number of benzene rings is 1. The van der Waals surface area contributed by atoms with Crippen molar-refractivity contribution >= 4 is 60.7 Å². The van der Waals surface area contributed by atoms with Crippen LogP contribution in [0.5, 0.6) is 5.75 Å². The van der Waals surface area contributed by atoms with Crippen LogP contribution in [0.25, 0.3) is 20.4 Å². The van der Waals surface area contributed by atoms with Crippen LogP contribution in [0.15, 0.2) is 18.5 Å². The lowest BCUT2D eigenvalue weighted by Crippen LogP contribution is -2.42. The molecule has 3 heterocycles. The molecule has 0 radical (unpaired) electrons. The SMILES string of the molecule is COc1cc2nnsc2cc1Nc1ncnc2sc3c(c12)CCC(C(=O)NCC(C)(C)O)C3. The second kappa shape index (κ2) is 8.47. The smallest absolute Gasteiger partial charge is 0.223 e. The summed E-state index contributed by atoms with van der Waals surface area (Å²) in [5, 5.41) is 21.3. The Morgan fingerprint density at radius 3 is 2.97 bits per heavy atom. The van der Waals surface area contributed by atoms with Crippen molar-refractivity contribution in [2.75, 3.05) is 19.0 Å². The van der Waals surface area contributed by atoms with Crippen LogP contribution in [-0.2, 0) is 17.6 Å². The summed E-state index contributed by atoms with van der Waals surface area (Å²) in [5.74, 6) is 1.26.